The first-order valence-corrected chi connectivity index (χ1v) is 8.81. The van der Waals surface area contributed by atoms with Gasteiger partial charge in [0.1, 0.15) is 5.75 Å². The summed E-state index contributed by atoms with van der Waals surface area (Å²) in [7, 11) is 0. The van der Waals surface area contributed by atoms with Gasteiger partial charge in [0.15, 0.2) is 0 Å². The zero-order valence-electron chi connectivity index (χ0n) is 14.2. The van der Waals surface area contributed by atoms with E-state index in [1.54, 1.807) is 31.2 Å². The van der Waals surface area contributed by atoms with Gasteiger partial charge in [-0.25, -0.2) is 0 Å². The third kappa shape index (κ3) is 6.52. The van der Waals surface area contributed by atoms with Gasteiger partial charge in [-0.05, 0) is 36.8 Å². The van der Waals surface area contributed by atoms with Crippen molar-refractivity contribution in [3.8, 4) is 5.75 Å². The summed E-state index contributed by atoms with van der Waals surface area (Å²) in [5, 5.41) is 2.78. The first-order chi connectivity index (χ1) is 12.7. The molecule has 0 spiro atoms. The minimum absolute atomic E-state index is 0.0422. The van der Waals surface area contributed by atoms with E-state index < -0.39 is 18.3 Å². The fourth-order valence-electron chi connectivity index (χ4n) is 2.24. The Morgan fingerprint density at radius 3 is 2.37 bits per heavy atom. The van der Waals surface area contributed by atoms with Gasteiger partial charge in [-0.1, -0.05) is 24.3 Å². The van der Waals surface area contributed by atoms with Crippen LogP contribution in [0.15, 0.2) is 53.4 Å². The molecule has 0 aliphatic carbocycles. The average Bonchev–Trinajstić information content (AvgIpc) is 2.59. The Bertz CT molecular complexity index is 810. The number of alkyl halides is 3. The summed E-state index contributed by atoms with van der Waals surface area (Å²) < 4.78 is 40.4. The molecule has 2 aromatic carbocycles. The first kappa shape index (κ1) is 20.6. The largest absolute Gasteiger partial charge is 0.573 e. The van der Waals surface area contributed by atoms with Crippen LogP contribution < -0.4 is 15.8 Å². The Morgan fingerprint density at radius 2 is 1.78 bits per heavy atom. The fourth-order valence-corrected chi connectivity index (χ4v) is 3.03. The second-order valence-corrected chi connectivity index (χ2v) is 6.58. The average molecular weight is 398 g/mol. The number of nitrogens with one attached hydrogen (secondary N) is 1. The molecule has 3 N–H and O–H groups in total. The molecule has 0 aliphatic heterocycles. The number of thioether (sulfide) groups is 1. The smallest absolute Gasteiger partial charge is 0.406 e. The standard InChI is InChI=1S/C18H17F3N2O3S/c1-11(12-6-8-13(9-7-12)26-18(19,20)21)23-17(25)14-4-2-3-5-15(14)27-10-16(22)24/h2-9,11H,10H2,1H3,(H2,22,24)(H,23,25)/t11-/m1/s1. The van der Waals surface area contributed by atoms with Crippen molar-refractivity contribution < 1.29 is 27.5 Å². The highest BCUT2D eigenvalue weighted by Gasteiger charge is 2.31. The van der Waals surface area contributed by atoms with E-state index in [1.165, 1.54) is 24.3 Å². The fraction of sp³-hybridized carbons (Fsp3) is 0.222. The van der Waals surface area contributed by atoms with Crippen molar-refractivity contribution in [1.82, 2.24) is 5.32 Å². The predicted molar refractivity (Wildman–Crippen MR) is 95.4 cm³/mol. The van der Waals surface area contributed by atoms with Crippen LogP contribution in [0.5, 0.6) is 5.75 Å². The number of hydrogen-bond acceptors (Lipinski definition) is 4. The van der Waals surface area contributed by atoms with Gasteiger partial charge in [-0.3, -0.25) is 9.59 Å². The van der Waals surface area contributed by atoms with Crippen molar-refractivity contribution in [3.63, 3.8) is 0 Å². The molecule has 0 saturated carbocycles. The van der Waals surface area contributed by atoms with Crippen LogP contribution in [0.1, 0.15) is 28.9 Å². The quantitative estimate of drug-likeness (QED) is 0.698. The summed E-state index contributed by atoms with van der Waals surface area (Å²) in [5.74, 6) is -1.16. The van der Waals surface area contributed by atoms with E-state index in [1.807, 2.05) is 0 Å². The third-order valence-electron chi connectivity index (χ3n) is 3.46. The predicted octanol–water partition coefficient (Wildman–Crippen LogP) is 3.65. The molecule has 2 amide bonds. The van der Waals surface area contributed by atoms with Crippen LogP contribution in [0.4, 0.5) is 13.2 Å². The number of carbonyl (C=O) groups is 2. The van der Waals surface area contributed by atoms with E-state index in [2.05, 4.69) is 10.1 Å². The van der Waals surface area contributed by atoms with Crippen molar-refractivity contribution in [2.24, 2.45) is 5.73 Å². The lowest BCUT2D eigenvalue weighted by atomic mass is 10.1. The zero-order chi connectivity index (χ0) is 20.0. The third-order valence-corrected chi connectivity index (χ3v) is 4.56. The molecule has 0 bridgehead atoms. The Hall–Kier alpha value is -2.68. The maximum atomic E-state index is 12.5. The van der Waals surface area contributed by atoms with Crippen LogP contribution in [-0.4, -0.2) is 23.9 Å². The Balaban J connectivity index is 2.06. The zero-order valence-corrected chi connectivity index (χ0v) is 15.1. The number of primary amides is 1. The molecule has 0 unspecified atom stereocenters. The number of hydrogen-bond donors (Lipinski definition) is 2. The molecular formula is C18H17F3N2O3S. The van der Waals surface area contributed by atoms with Gasteiger partial charge in [0.25, 0.3) is 5.91 Å². The van der Waals surface area contributed by atoms with Gasteiger partial charge < -0.3 is 15.8 Å². The van der Waals surface area contributed by atoms with E-state index in [9.17, 15) is 22.8 Å². The molecule has 0 saturated heterocycles. The van der Waals surface area contributed by atoms with Crippen molar-refractivity contribution in [2.45, 2.75) is 24.2 Å². The molecule has 0 radical (unpaired) electrons. The Kier molecular flexibility index (Phi) is 6.73. The van der Waals surface area contributed by atoms with Crippen molar-refractivity contribution in [1.29, 1.82) is 0 Å². The van der Waals surface area contributed by atoms with Gasteiger partial charge in [0, 0.05) is 4.90 Å². The van der Waals surface area contributed by atoms with Crippen LogP contribution in [0, 0.1) is 0 Å². The highest BCUT2D eigenvalue weighted by molar-refractivity contribution is 8.00. The minimum Gasteiger partial charge on any atom is -0.406 e. The lowest BCUT2D eigenvalue weighted by molar-refractivity contribution is -0.274. The van der Waals surface area contributed by atoms with Crippen molar-refractivity contribution >= 4 is 23.6 Å². The normalized spacial score (nSPS) is 12.3. The van der Waals surface area contributed by atoms with Crippen LogP contribution in [-0.2, 0) is 4.79 Å². The molecule has 2 aromatic rings. The Morgan fingerprint density at radius 1 is 1.15 bits per heavy atom. The van der Waals surface area contributed by atoms with Crippen LogP contribution in [0.3, 0.4) is 0 Å². The molecule has 0 aromatic heterocycles. The van der Waals surface area contributed by atoms with Gasteiger partial charge in [-0.2, -0.15) is 0 Å². The summed E-state index contributed by atoms with van der Waals surface area (Å²) >= 11 is 1.16. The topological polar surface area (TPSA) is 81.4 Å². The van der Waals surface area contributed by atoms with Crippen LogP contribution >= 0.6 is 11.8 Å². The maximum Gasteiger partial charge on any atom is 0.573 e. The number of rotatable bonds is 7. The summed E-state index contributed by atoms with van der Waals surface area (Å²) in [6.45, 7) is 1.71. The number of ether oxygens (including phenoxy) is 1. The summed E-state index contributed by atoms with van der Waals surface area (Å²) in [4.78, 5) is 24.1. The van der Waals surface area contributed by atoms with Crippen LogP contribution in [0.25, 0.3) is 0 Å². The van der Waals surface area contributed by atoms with E-state index in [-0.39, 0.29) is 17.4 Å². The van der Waals surface area contributed by atoms with Crippen LogP contribution in [0.2, 0.25) is 0 Å². The monoisotopic (exact) mass is 398 g/mol. The highest BCUT2D eigenvalue weighted by atomic mass is 32.2. The highest BCUT2D eigenvalue weighted by Crippen LogP contribution is 2.26. The summed E-state index contributed by atoms with van der Waals surface area (Å²) in [6, 6.07) is 11.6. The molecule has 144 valence electrons. The molecule has 5 nitrogen and oxygen atoms in total. The van der Waals surface area contributed by atoms with Gasteiger partial charge in [0.05, 0.1) is 17.4 Å². The summed E-state index contributed by atoms with van der Waals surface area (Å²) in [6.07, 6.45) is -4.76. The molecule has 0 fully saturated rings. The Labute approximate surface area is 158 Å². The second kappa shape index (κ2) is 8.81. The van der Waals surface area contributed by atoms with E-state index in [4.69, 9.17) is 5.73 Å². The molecule has 9 heteroatoms. The minimum atomic E-state index is -4.76. The molecule has 0 heterocycles. The SMILES string of the molecule is C[C@@H](NC(=O)c1ccccc1SCC(N)=O)c1ccc(OC(F)(F)F)cc1. The first-order valence-electron chi connectivity index (χ1n) is 7.82. The van der Waals surface area contributed by atoms with Crippen molar-refractivity contribution in [2.75, 3.05) is 5.75 Å². The molecule has 27 heavy (non-hydrogen) atoms. The second-order valence-electron chi connectivity index (χ2n) is 5.56. The molecule has 1 atom stereocenters. The number of carbonyl (C=O) groups excluding carboxylic acids is 2. The van der Waals surface area contributed by atoms with Gasteiger partial charge in [0.2, 0.25) is 5.91 Å². The maximum absolute atomic E-state index is 12.5. The van der Waals surface area contributed by atoms with Crippen molar-refractivity contribution in [3.05, 3.63) is 59.7 Å². The number of benzene rings is 2. The molecular weight excluding hydrogens is 381 g/mol. The number of amides is 2. The number of nitrogens with two attached hydrogens (primary N) is 1. The van der Waals surface area contributed by atoms with E-state index in [0.717, 1.165) is 11.8 Å². The lowest BCUT2D eigenvalue weighted by Gasteiger charge is -2.16. The van der Waals surface area contributed by atoms with E-state index in [0.29, 0.717) is 16.0 Å². The molecule has 2 rings (SSSR count). The van der Waals surface area contributed by atoms with Gasteiger partial charge >= 0.3 is 6.36 Å². The lowest BCUT2D eigenvalue weighted by Crippen LogP contribution is -2.27. The molecule has 0 aliphatic rings. The van der Waals surface area contributed by atoms with Gasteiger partial charge in [-0.15, -0.1) is 24.9 Å². The number of halogens is 3. The van der Waals surface area contributed by atoms with E-state index >= 15 is 0 Å². The summed E-state index contributed by atoms with van der Waals surface area (Å²) in [5.41, 5.74) is 6.13.